The summed E-state index contributed by atoms with van der Waals surface area (Å²) in [4.78, 5) is 8.56. The minimum atomic E-state index is 0.543. The predicted octanol–water partition coefficient (Wildman–Crippen LogP) is 3.24. The molecule has 0 bridgehead atoms. The maximum absolute atomic E-state index is 5.34. The third kappa shape index (κ3) is 2.85. The van der Waals surface area contributed by atoms with Crippen molar-refractivity contribution in [1.29, 1.82) is 0 Å². The number of ether oxygens (including phenoxy) is 3. The molecular formula is C14H15BrN2O3. The normalized spacial score (nSPS) is 10.2. The molecule has 6 heteroatoms. The van der Waals surface area contributed by atoms with Crippen molar-refractivity contribution in [3.63, 3.8) is 0 Å². The predicted molar refractivity (Wildman–Crippen MR) is 79.6 cm³/mol. The summed E-state index contributed by atoms with van der Waals surface area (Å²) in [6, 6.07) is 5.61. The summed E-state index contributed by atoms with van der Waals surface area (Å²) in [7, 11) is 4.75. The van der Waals surface area contributed by atoms with E-state index in [1.165, 1.54) is 0 Å². The highest BCUT2D eigenvalue weighted by Crippen LogP contribution is 2.40. The van der Waals surface area contributed by atoms with E-state index >= 15 is 0 Å². The molecule has 2 aromatic rings. The minimum absolute atomic E-state index is 0.543. The fraction of sp³-hybridized carbons (Fsp3) is 0.286. The Morgan fingerprint density at radius 3 is 1.95 bits per heavy atom. The van der Waals surface area contributed by atoms with E-state index in [0.717, 1.165) is 17.0 Å². The summed E-state index contributed by atoms with van der Waals surface area (Å²) in [6.07, 6.45) is 0. The second-order valence-electron chi connectivity index (χ2n) is 4.08. The third-order valence-corrected chi connectivity index (χ3v) is 3.14. The van der Waals surface area contributed by atoms with Crippen LogP contribution in [0.2, 0.25) is 0 Å². The van der Waals surface area contributed by atoms with E-state index in [1.54, 1.807) is 21.3 Å². The van der Waals surface area contributed by atoms with Crippen LogP contribution in [0.1, 0.15) is 5.69 Å². The highest BCUT2D eigenvalue weighted by atomic mass is 79.9. The Labute approximate surface area is 126 Å². The molecule has 5 nitrogen and oxygen atoms in total. The standard InChI is InChI=1S/C14H15BrN2O3/c1-8-5-10(17-14(15)16-8)9-6-11(18-2)13(20-4)12(7-9)19-3/h5-7H,1-4H3. The van der Waals surface area contributed by atoms with Gasteiger partial charge >= 0.3 is 0 Å². The van der Waals surface area contributed by atoms with Crippen LogP contribution in [0.15, 0.2) is 22.9 Å². The van der Waals surface area contributed by atoms with Gasteiger partial charge in [-0.15, -0.1) is 0 Å². The molecule has 2 rings (SSSR count). The van der Waals surface area contributed by atoms with E-state index in [1.807, 2.05) is 25.1 Å². The molecule has 106 valence electrons. The van der Waals surface area contributed by atoms with Gasteiger partial charge in [0.15, 0.2) is 16.2 Å². The summed E-state index contributed by atoms with van der Waals surface area (Å²) in [5.74, 6) is 1.74. The van der Waals surface area contributed by atoms with E-state index in [4.69, 9.17) is 14.2 Å². The van der Waals surface area contributed by atoms with Crippen LogP contribution < -0.4 is 14.2 Å². The molecule has 0 aliphatic heterocycles. The van der Waals surface area contributed by atoms with E-state index in [0.29, 0.717) is 22.0 Å². The molecule has 1 aromatic heterocycles. The van der Waals surface area contributed by atoms with E-state index in [-0.39, 0.29) is 0 Å². The lowest BCUT2D eigenvalue weighted by Gasteiger charge is -2.14. The van der Waals surface area contributed by atoms with Gasteiger partial charge in [0.25, 0.3) is 0 Å². The van der Waals surface area contributed by atoms with Crippen LogP contribution in [0, 0.1) is 6.92 Å². The van der Waals surface area contributed by atoms with E-state index < -0.39 is 0 Å². The zero-order chi connectivity index (χ0) is 14.7. The lowest BCUT2D eigenvalue weighted by Crippen LogP contribution is -1.97. The highest BCUT2D eigenvalue weighted by molar-refractivity contribution is 9.10. The Bertz CT molecular complexity index is 587. The Balaban J connectivity index is 2.62. The largest absolute Gasteiger partial charge is 0.493 e. The molecule has 0 unspecified atom stereocenters. The van der Waals surface area contributed by atoms with Gasteiger partial charge in [-0.2, -0.15) is 0 Å². The maximum atomic E-state index is 5.34. The van der Waals surface area contributed by atoms with Crippen molar-refractivity contribution in [3.8, 4) is 28.5 Å². The van der Waals surface area contributed by atoms with Crippen LogP contribution in [0.5, 0.6) is 17.2 Å². The molecule has 0 radical (unpaired) electrons. The average molecular weight is 339 g/mol. The fourth-order valence-electron chi connectivity index (χ4n) is 1.91. The summed E-state index contributed by atoms with van der Waals surface area (Å²) >= 11 is 3.30. The molecule has 0 saturated heterocycles. The fourth-order valence-corrected chi connectivity index (χ4v) is 2.38. The van der Waals surface area contributed by atoms with Crippen molar-refractivity contribution in [2.75, 3.05) is 21.3 Å². The quantitative estimate of drug-likeness (QED) is 0.801. The Morgan fingerprint density at radius 2 is 1.50 bits per heavy atom. The van der Waals surface area contributed by atoms with Crippen molar-refractivity contribution < 1.29 is 14.2 Å². The molecule has 0 atom stereocenters. The smallest absolute Gasteiger partial charge is 0.203 e. The van der Waals surface area contributed by atoms with Crippen molar-refractivity contribution in [2.24, 2.45) is 0 Å². The summed E-state index contributed by atoms with van der Waals surface area (Å²) in [5.41, 5.74) is 2.52. The molecule has 0 amide bonds. The zero-order valence-electron chi connectivity index (χ0n) is 11.7. The third-order valence-electron chi connectivity index (χ3n) is 2.79. The molecule has 0 spiro atoms. The van der Waals surface area contributed by atoms with Gasteiger partial charge in [-0.3, -0.25) is 0 Å². The Hall–Kier alpha value is -1.82. The number of rotatable bonds is 4. The lowest BCUT2D eigenvalue weighted by molar-refractivity contribution is 0.324. The molecule has 0 aliphatic carbocycles. The Kier molecular flexibility index (Phi) is 4.44. The second-order valence-corrected chi connectivity index (χ2v) is 4.79. The highest BCUT2D eigenvalue weighted by Gasteiger charge is 2.15. The minimum Gasteiger partial charge on any atom is -0.493 e. The molecule has 1 aromatic carbocycles. The molecule has 1 heterocycles. The number of halogens is 1. The lowest BCUT2D eigenvalue weighted by atomic mass is 10.1. The number of aryl methyl sites for hydroxylation is 1. The topological polar surface area (TPSA) is 53.5 Å². The van der Waals surface area contributed by atoms with Gasteiger partial charge in [0.2, 0.25) is 5.75 Å². The van der Waals surface area contributed by atoms with Gasteiger partial charge in [0.05, 0.1) is 27.0 Å². The number of benzene rings is 1. The summed E-state index contributed by atoms with van der Waals surface area (Å²) < 4.78 is 16.5. The van der Waals surface area contributed by atoms with Gasteiger partial charge in [0.1, 0.15) is 0 Å². The van der Waals surface area contributed by atoms with E-state index in [9.17, 15) is 0 Å². The second kappa shape index (κ2) is 6.09. The van der Waals surface area contributed by atoms with Crippen LogP contribution in [0.4, 0.5) is 0 Å². The molecule has 0 N–H and O–H groups in total. The molecule has 20 heavy (non-hydrogen) atoms. The van der Waals surface area contributed by atoms with Crippen molar-refractivity contribution in [2.45, 2.75) is 6.92 Å². The van der Waals surface area contributed by atoms with Crippen molar-refractivity contribution in [1.82, 2.24) is 9.97 Å². The first-order valence-corrected chi connectivity index (χ1v) is 6.70. The average Bonchev–Trinajstić information content (AvgIpc) is 2.44. The molecular weight excluding hydrogens is 324 g/mol. The number of nitrogens with zero attached hydrogens (tertiary/aromatic N) is 2. The van der Waals surface area contributed by atoms with Crippen LogP contribution in [-0.4, -0.2) is 31.3 Å². The first-order valence-electron chi connectivity index (χ1n) is 5.90. The first kappa shape index (κ1) is 14.6. The summed E-state index contributed by atoms with van der Waals surface area (Å²) in [6.45, 7) is 1.91. The van der Waals surface area contributed by atoms with Crippen molar-refractivity contribution >= 4 is 15.9 Å². The van der Waals surface area contributed by atoms with Gasteiger partial charge in [-0.25, -0.2) is 9.97 Å². The van der Waals surface area contributed by atoms with E-state index in [2.05, 4.69) is 25.9 Å². The number of hydrogen-bond donors (Lipinski definition) is 0. The first-order chi connectivity index (χ1) is 9.58. The SMILES string of the molecule is COc1cc(-c2cc(C)nc(Br)n2)cc(OC)c1OC. The van der Waals surface area contributed by atoms with Crippen molar-refractivity contribution in [3.05, 3.63) is 28.6 Å². The Morgan fingerprint density at radius 1 is 0.900 bits per heavy atom. The van der Waals surface area contributed by atoms with Gasteiger partial charge in [0, 0.05) is 11.3 Å². The number of aromatic nitrogens is 2. The molecule has 0 saturated carbocycles. The van der Waals surface area contributed by atoms with Crippen LogP contribution in [0.3, 0.4) is 0 Å². The molecule has 0 fully saturated rings. The van der Waals surface area contributed by atoms with Crippen LogP contribution in [-0.2, 0) is 0 Å². The number of methoxy groups -OCH3 is 3. The van der Waals surface area contributed by atoms with Gasteiger partial charge in [-0.05, 0) is 41.1 Å². The molecule has 0 aliphatic rings. The van der Waals surface area contributed by atoms with Crippen LogP contribution >= 0.6 is 15.9 Å². The van der Waals surface area contributed by atoms with Gasteiger partial charge in [-0.1, -0.05) is 0 Å². The van der Waals surface area contributed by atoms with Crippen LogP contribution in [0.25, 0.3) is 11.3 Å². The monoisotopic (exact) mass is 338 g/mol. The maximum Gasteiger partial charge on any atom is 0.203 e. The zero-order valence-corrected chi connectivity index (χ0v) is 13.3. The summed E-state index contributed by atoms with van der Waals surface area (Å²) in [5, 5.41) is 0. The van der Waals surface area contributed by atoms with Gasteiger partial charge < -0.3 is 14.2 Å². The number of hydrogen-bond acceptors (Lipinski definition) is 5.